The van der Waals surface area contributed by atoms with Crippen molar-refractivity contribution in [3.63, 3.8) is 0 Å². The van der Waals surface area contributed by atoms with Crippen LogP contribution < -0.4 is 5.32 Å². The van der Waals surface area contributed by atoms with Crippen LogP contribution in [0.1, 0.15) is 19.4 Å². The van der Waals surface area contributed by atoms with Gasteiger partial charge >= 0.3 is 12.0 Å². The molecule has 114 valence electrons. The van der Waals surface area contributed by atoms with E-state index in [1.165, 1.54) is 16.7 Å². The maximum absolute atomic E-state index is 12.4. The fourth-order valence-electron chi connectivity index (χ4n) is 2.26. The summed E-state index contributed by atoms with van der Waals surface area (Å²) in [6, 6.07) is 2.55. The first-order valence-electron chi connectivity index (χ1n) is 6.80. The minimum Gasteiger partial charge on any atom is -0.480 e. The maximum Gasteiger partial charge on any atom is 0.327 e. The third-order valence-corrected chi connectivity index (χ3v) is 4.91. The van der Waals surface area contributed by atoms with E-state index in [1.54, 1.807) is 18.5 Å². The molecule has 2 atom stereocenters. The number of carbonyl (C=O) groups excluding carboxylic acids is 1. The van der Waals surface area contributed by atoms with Gasteiger partial charge in [0, 0.05) is 24.7 Å². The first kappa shape index (κ1) is 15.6. The van der Waals surface area contributed by atoms with Gasteiger partial charge in [0.15, 0.2) is 0 Å². The highest BCUT2D eigenvalue weighted by molar-refractivity contribution is 8.00. The molecule has 0 radical (unpaired) electrons. The number of aromatic nitrogens is 1. The molecule has 2 heterocycles. The number of amides is 2. The van der Waals surface area contributed by atoms with Crippen molar-refractivity contribution < 1.29 is 14.7 Å². The normalized spacial score (nSPS) is 21.6. The lowest BCUT2D eigenvalue weighted by Crippen LogP contribution is -2.51. The molecule has 1 aromatic heterocycles. The largest absolute Gasteiger partial charge is 0.480 e. The summed E-state index contributed by atoms with van der Waals surface area (Å²) in [7, 11) is 0. The molecule has 0 aromatic carbocycles. The van der Waals surface area contributed by atoms with E-state index in [1.807, 2.05) is 19.9 Å². The van der Waals surface area contributed by atoms with Crippen molar-refractivity contribution in [1.29, 1.82) is 0 Å². The lowest BCUT2D eigenvalue weighted by Gasteiger charge is -2.29. The molecule has 6 nitrogen and oxygen atoms in total. The van der Waals surface area contributed by atoms with E-state index in [0.29, 0.717) is 12.3 Å². The summed E-state index contributed by atoms with van der Waals surface area (Å²) >= 11 is 1.52. The molecule has 1 aliphatic heterocycles. The summed E-state index contributed by atoms with van der Waals surface area (Å²) in [6.07, 6.45) is 3.34. The minimum absolute atomic E-state index is 0.111. The lowest BCUT2D eigenvalue weighted by atomic mass is 10.1. The van der Waals surface area contributed by atoms with Crippen LogP contribution in [-0.2, 0) is 11.3 Å². The van der Waals surface area contributed by atoms with Crippen LogP contribution in [0.5, 0.6) is 0 Å². The van der Waals surface area contributed by atoms with Crippen molar-refractivity contribution in [2.24, 2.45) is 5.92 Å². The number of carbonyl (C=O) groups is 2. The fourth-order valence-corrected chi connectivity index (χ4v) is 3.73. The number of rotatable bonds is 4. The number of urea groups is 1. The van der Waals surface area contributed by atoms with Crippen molar-refractivity contribution in [2.45, 2.75) is 31.8 Å². The van der Waals surface area contributed by atoms with Gasteiger partial charge in [-0.05, 0) is 17.5 Å². The SMILES string of the molecule is CC(C)C1SCC(C(=O)O)N1C(=O)NCc1cccnc1. The Morgan fingerprint density at radius 3 is 2.90 bits per heavy atom. The number of carboxylic acid groups (broad SMARTS) is 1. The van der Waals surface area contributed by atoms with Crippen LogP contribution in [0.25, 0.3) is 0 Å². The maximum atomic E-state index is 12.4. The van der Waals surface area contributed by atoms with Crippen LogP contribution in [0.2, 0.25) is 0 Å². The van der Waals surface area contributed by atoms with Gasteiger partial charge in [-0.25, -0.2) is 9.59 Å². The molecule has 1 aliphatic rings. The Morgan fingerprint density at radius 2 is 2.33 bits per heavy atom. The van der Waals surface area contributed by atoms with Crippen LogP contribution in [0.4, 0.5) is 4.79 Å². The third-order valence-electron chi connectivity index (χ3n) is 3.29. The number of nitrogens with zero attached hydrogens (tertiary/aromatic N) is 2. The fraction of sp³-hybridized carbons (Fsp3) is 0.500. The molecule has 2 unspecified atom stereocenters. The van der Waals surface area contributed by atoms with Crippen molar-refractivity contribution in [2.75, 3.05) is 5.75 Å². The standard InChI is InChI=1S/C14H19N3O3S/c1-9(2)12-17(11(8-21-12)13(18)19)14(20)16-7-10-4-3-5-15-6-10/h3-6,9,11-12H,7-8H2,1-2H3,(H,16,20)(H,18,19). The van der Waals surface area contributed by atoms with Crippen molar-refractivity contribution in [1.82, 2.24) is 15.2 Å². The van der Waals surface area contributed by atoms with E-state index in [0.717, 1.165) is 5.56 Å². The molecule has 0 aliphatic carbocycles. The highest BCUT2D eigenvalue weighted by atomic mass is 32.2. The molecule has 7 heteroatoms. The Kier molecular flexibility index (Phi) is 5.06. The molecule has 0 saturated carbocycles. The molecule has 21 heavy (non-hydrogen) atoms. The first-order chi connectivity index (χ1) is 10.0. The molecule has 0 bridgehead atoms. The van der Waals surface area contributed by atoms with Crippen molar-refractivity contribution in [3.05, 3.63) is 30.1 Å². The molecule has 2 amide bonds. The van der Waals surface area contributed by atoms with Gasteiger partial charge in [0.05, 0.1) is 5.37 Å². The summed E-state index contributed by atoms with van der Waals surface area (Å²) in [6.45, 7) is 4.32. The Hall–Kier alpha value is -1.76. The lowest BCUT2D eigenvalue weighted by molar-refractivity contribution is -0.141. The van der Waals surface area contributed by atoms with Crippen LogP contribution in [0, 0.1) is 5.92 Å². The highest BCUT2D eigenvalue weighted by Gasteiger charge is 2.42. The van der Waals surface area contributed by atoms with Gasteiger partial charge in [-0.1, -0.05) is 19.9 Å². The summed E-state index contributed by atoms with van der Waals surface area (Å²) in [5.41, 5.74) is 0.880. The topological polar surface area (TPSA) is 82.5 Å². The molecule has 0 spiro atoms. The number of carboxylic acids is 1. The van der Waals surface area contributed by atoms with Crippen LogP contribution >= 0.6 is 11.8 Å². The zero-order chi connectivity index (χ0) is 15.4. The number of hydrogen-bond acceptors (Lipinski definition) is 4. The zero-order valence-corrected chi connectivity index (χ0v) is 12.8. The number of hydrogen-bond donors (Lipinski definition) is 2. The number of aliphatic carboxylic acids is 1. The third kappa shape index (κ3) is 3.66. The molecule has 1 saturated heterocycles. The van der Waals surface area contributed by atoms with Gasteiger partial charge in [-0.3, -0.25) is 9.88 Å². The minimum atomic E-state index is -0.956. The van der Waals surface area contributed by atoms with Crippen LogP contribution in [0.3, 0.4) is 0 Å². The average molecular weight is 309 g/mol. The Labute approximate surface area is 127 Å². The van der Waals surface area contributed by atoms with Crippen molar-refractivity contribution >= 4 is 23.8 Å². The molecule has 2 rings (SSSR count). The zero-order valence-electron chi connectivity index (χ0n) is 12.0. The number of pyridine rings is 1. The summed E-state index contributed by atoms with van der Waals surface area (Å²) < 4.78 is 0. The summed E-state index contributed by atoms with van der Waals surface area (Å²) in [5.74, 6) is -0.330. The second-order valence-electron chi connectivity index (χ2n) is 5.25. The van der Waals surface area contributed by atoms with E-state index in [9.17, 15) is 14.7 Å². The molecule has 1 aromatic rings. The summed E-state index contributed by atoms with van der Waals surface area (Å²) in [4.78, 5) is 29.1. The second-order valence-corrected chi connectivity index (χ2v) is 6.40. The number of nitrogens with one attached hydrogen (secondary N) is 1. The van der Waals surface area contributed by atoms with Crippen molar-refractivity contribution in [3.8, 4) is 0 Å². The van der Waals surface area contributed by atoms with Gasteiger partial charge in [0.1, 0.15) is 6.04 Å². The first-order valence-corrected chi connectivity index (χ1v) is 7.85. The van der Waals surface area contributed by atoms with Gasteiger partial charge in [-0.15, -0.1) is 11.8 Å². The molecule has 2 N–H and O–H groups in total. The van der Waals surface area contributed by atoms with E-state index in [4.69, 9.17) is 0 Å². The smallest absolute Gasteiger partial charge is 0.327 e. The monoisotopic (exact) mass is 309 g/mol. The van der Waals surface area contributed by atoms with E-state index in [-0.39, 0.29) is 17.3 Å². The molecular weight excluding hydrogens is 290 g/mol. The van der Waals surface area contributed by atoms with Gasteiger partial charge in [0.25, 0.3) is 0 Å². The predicted octanol–water partition coefficient (Wildman–Crippen LogP) is 1.78. The van der Waals surface area contributed by atoms with Crippen LogP contribution in [-0.4, -0.2) is 44.2 Å². The Morgan fingerprint density at radius 1 is 1.57 bits per heavy atom. The van der Waals surface area contributed by atoms with E-state index in [2.05, 4.69) is 10.3 Å². The van der Waals surface area contributed by atoms with E-state index < -0.39 is 12.0 Å². The van der Waals surface area contributed by atoms with Gasteiger partial charge in [0.2, 0.25) is 0 Å². The van der Waals surface area contributed by atoms with Crippen LogP contribution in [0.15, 0.2) is 24.5 Å². The molecular formula is C14H19N3O3S. The predicted molar refractivity (Wildman–Crippen MR) is 80.8 cm³/mol. The molecule has 1 fully saturated rings. The quantitative estimate of drug-likeness (QED) is 0.886. The summed E-state index contributed by atoms with van der Waals surface area (Å²) in [5, 5.41) is 11.9. The van der Waals surface area contributed by atoms with Gasteiger partial charge < -0.3 is 10.4 Å². The second kappa shape index (κ2) is 6.80. The number of thioether (sulfide) groups is 1. The Bertz CT molecular complexity index is 509. The van der Waals surface area contributed by atoms with Gasteiger partial charge in [-0.2, -0.15) is 0 Å². The average Bonchev–Trinajstić information content (AvgIpc) is 2.91. The highest BCUT2D eigenvalue weighted by Crippen LogP contribution is 2.34. The van der Waals surface area contributed by atoms with E-state index >= 15 is 0 Å². The Balaban J connectivity index is 2.05.